The van der Waals surface area contributed by atoms with Crippen LogP contribution in [-0.4, -0.2) is 40.6 Å². The molecule has 25 heavy (non-hydrogen) atoms. The lowest BCUT2D eigenvalue weighted by Gasteiger charge is -2.34. The van der Waals surface area contributed by atoms with Gasteiger partial charge in [0.15, 0.2) is 0 Å². The summed E-state index contributed by atoms with van der Waals surface area (Å²) >= 11 is 0. The van der Waals surface area contributed by atoms with Gasteiger partial charge in [-0.1, -0.05) is 0 Å². The number of nitriles is 2. The maximum absolute atomic E-state index is 11.8. The molecule has 0 bridgehead atoms. The van der Waals surface area contributed by atoms with Crippen LogP contribution in [0.1, 0.15) is 39.0 Å². The molecule has 0 aromatic carbocycles. The molecule has 1 saturated heterocycles. The fourth-order valence-electron chi connectivity index (χ4n) is 3.07. The molecular weight excluding hydrogens is 322 g/mol. The van der Waals surface area contributed by atoms with Crippen molar-refractivity contribution in [3.63, 3.8) is 0 Å². The number of rotatable bonds is 7. The first-order chi connectivity index (χ1) is 12.1. The minimum atomic E-state index is -0.461. The van der Waals surface area contributed by atoms with Crippen molar-refractivity contribution in [1.29, 1.82) is 10.5 Å². The number of anilines is 2. The van der Waals surface area contributed by atoms with Gasteiger partial charge in [-0.05, 0) is 26.2 Å². The van der Waals surface area contributed by atoms with Crippen LogP contribution in [0.3, 0.4) is 0 Å². The van der Waals surface area contributed by atoms with Crippen molar-refractivity contribution < 1.29 is 4.92 Å². The fourth-order valence-corrected chi connectivity index (χ4v) is 3.07. The number of piperidine rings is 1. The lowest BCUT2D eigenvalue weighted by Crippen LogP contribution is -2.39. The maximum Gasteiger partial charge on any atom is 0.353 e. The Morgan fingerprint density at radius 2 is 2.00 bits per heavy atom. The second-order valence-corrected chi connectivity index (χ2v) is 5.97. The minimum Gasteiger partial charge on any atom is -0.349 e. The fraction of sp³-hybridized carbons (Fsp3) is 0.625. The highest BCUT2D eigenvalue weighted by Crippen LogP contribution is 2.36. The van der Waals surface area contributed by atoms with E-state index in [0.717, 1.165) is 25.8 Å². The SMILES string of the molecule is CC1CCCCN1c1ncnc(N(CCC#N)CCC#N)c1[N+](=O)[O-]. The molecule has 9 nitrogen and oxygen atoms in total. The van der Waals surface area contributed by atoms with E-state index >= 15 is 0 Å². The normalized spacial score (nSPS) is 16.8. The number of nitro groups is 1. The van der Waals surface area contributed by atoms with Gasteiger partial charge in [-0.25, -0.2) is 9.97 Å². The van der Waals surface area contributed by atoms with E-state index in [1.165, 1.54) is 6.33 Å². The van der Waals surface area contributed by atoms with Gasteiger partial charge in [-0.15, -0.1) is 0 Å². The lowest BCUT2D eigenvalue weighted by atomic mass is 10.0. The second kappa shape index (κ2) is 8.78. The molecule has 1 unspecified atom stereocenters. The van der Waals surface area contributed by atoms with E-state index < -0.39 is 4.92 Å². The maximum atomic E-state index is 11.8. The van der Waals surface area contributed by atoms with Gasteiger partial charge in [0.25, 0.3) is 0 Å². The molecule has 0 N–H and O–H groups in total. The molecule has 0 saturated carbocycles. The van der Waals surface area contributed by atoms with Crippen LogP contribution in [0, 0.1) is 32.8 Å². The minimum absolute atomic E-state index is 0.146. The first-order valence-electron chi connectivity index (χ1n) is 8.35. The molecule has 0 amide bonds. The van der Waals surface area contributed by atoms with E-state index in [4.69, 9.17) is 10.5 Å². The Labute approximate surface area is 146 Å². The highest BCUT2D eigenvalue weighted by atomic mass is 16.6. The Kier molecular flexibility index (Phi) is 6.47. The Hall–Kier alpha value is -2.94. The molecule has 1 atom stereocenters. The van der Waals surface area contributed by atoms with Crippen molar-refractivity contribution in [3.8, 4) is 12.1 Å². The summed E-state index contributed by atoms with van der Waals surface area (Å²) in [6.07, 6.45) is 4.74. The molecule has 1 aliphatic heterocycles. The Bertz CT molecular complexity index is 677. The molecule has 132 valence electrons. The molecule has 2 heterocycles. The zero-order chi connectivity index (χ0) is 18.2. The van der Waals surface area contributed by atoms with Crippen molar-refractivity contribution in [3.05, 3.63) is 16.4 Å². The molecule has 1 aromatic rings. The number of nitrogens with zero attached hydrogens (tertiary/aromatic N) is 7. The standard InChI is InChI=1S/C16H21N7O2/c1-13-6-2-3-11-22(13)16-14(23(24)25)15(19-12-20-16)21(9-4-7-17)10-5-8-18/h12-13H,2-6,9-11H2,1H3. The molecule has 0 aliphatic carbocycles. The van der Waals surface area contributed by atoms with Gasteiger partial charge < -0.3 is 9.80 Å². The van der Waals surface area contributed by atoms with Crippen LogP contribution in [0.15, 0.2) is 6.33 Å². The van der Waals surface area contributed by atoms with Gasteiger partial charge in [0, 0.05) is 25.7 Å². The zero-order valence-corrected chi connectivity index (χ0v) is 14.3. The summed E-state index contributed by atoms with van der Waals surface area (Å²) in [5, 5.41) is 29.5. The van der Waals surface area contributed by atoms with Crippen molar-refractivity contribution in [2.45, 2.75) is 45.1 Å². The third kappa shape index (κ3) is 4.32. The largest absolute Gasteiger partial charge is 0.353 e. The van der Waals surface area contributed by atoms with Crippen LogP contribution in [0.4, 0.5) is 17.3 Å². The summed E-state index contributed by atoms with van der Waals surface area (Å²) in [6.45, 7) is 3.32. The molecule has 2 rings (SSSR count). The highest BCUT2D eigenvalue weighted by molar-refractivity contribution is 5.71. The summed E-state index contributed by atoms with van der Waals surface area (Å²) in [6, 6.07) is 4.23. The van der Waals surface area contributed by atoms with Crippen molar-refractivity contribution in [1.82, 2.24) is 9.97 Å². The van der Waals surface area contributed by atoms with E-state index in [9.17, 15) is 10.1 Å². The van der Waals surface area contributed by atoms with Gasteiger partial charge in [0.1, 0.15) is 6.33 Å². The van der Waals surface area contributed by atoms with Crippen molar-refractivity contribution >= 4 is 17.3 Å². The molecule has 0 radical (unpaired) electrons. The van der Waals surface area contributed by atoms with E-state index in [1.807, 2.05) is 24.0 Å². The van der Waals surface area contributed by atoms with Crippen LogP contribution >= 0.6 is 0 Å². The zero-order valence-electron chi connectivity index (χ0n) is 14.3. The van der Waals surface area contributed by atoms with E-state index in [0.29, 0.717) is 5.82 Å². The predicted molar refractivity (Wildman–Crippen MR) is 92.0 cm³/mol. The predicted octanol–water partition coefficient (Wildman–Crippen LogP) is 2.40. The summed E-state index contributed by atoms with van der Waals surface area (Å²) < 4.78 is 0. The average Bonchev–Trinajstić information content (AvgIpc) is 2.61. The molecular formula is C16H21N7O2. The molecule has 1 fully saturated rings. The summed E-state index contributed by atoms with van der Waals surface area (Å²) in [5.41, 5.74) is -0.146. The van der Waals surface area contributed by atoms with Crippen molar-refractivity contribution in [2.24, 2.45) is 0 Å². The van der Waals surface area contributed by atoms with E-state index in [2.05, 4.69) is 9.97 Å². The molecule has 1 aromatic heterocycles. The lowest BCUT2D eigenvalue weighted by molar-refractivity contribution is -0.383. The quantitative estimate of drug-likeness (QED) is 0.546. The Morgan fingerprint density at radius 1 is 1.32 bits per heavy atom. The topological polar surface area (TPSA) is 123 Å². The van der Waals surface area contributed by atoms with Crippen LogP contribution in [0.2, 0.25) is 0 Å². The number of hydrogen-bond acceptors (Lipinski definition) is 8. The van der Waals surface area contributed by atoms with E-state index in [1.54, 1.807) is 4.90 Å². The monoisotopic (exact) mass is 343 g/mol. The van der Waals surface area contributed by atoms with Gasteiger partial charge >= 0.3 is 5.69 Å². The first kappa shape index (κ1) is 18.4. The highest BCUT2D eigenvalue weighted by Gasteiger charge is 2.32. The summed E-state index contributed by atoms with van der Waals surface area (Å²) in [7, 11) is 0. The van der Waals surface area contributed by atoms with Crippen LogP contribution in [0.5, 0.6) is 0 Å². The molecule has 0 spiro atoms. The summed E-state index contributed by atoms with van der Waals surface area (Å²) in [5.74, 6) is 0.499. The third-order valence-corrected chi connectivity index (χ3v) is 4.33. The number of aromatic nitrogens is 2. The molecule has 1 aliphatic rings. The third-order valence-electron chi connectivity index (χ3n) is 4.33. The molecule has 9 heteroatoms. The van der Waals surface area contributed by atoms with Crippen LogP contribution in [0.25, 0.3) is 0 Å². The smallest absolute Gasteiger partial charge is 0.349 e. The van der Waals surface area contributed by atoms with Crippen LogP contribution < -0.4 is 9.80 Å². The van der Waals surface area contributed by atoms with Gasteiger partial charge in [-0.2, -0.15) is 10.5 Å². The van der Waals surface area contributed by atoms with Gasteiger partial charge in [-0.3, -0.25) is 10.1 Å². The van der Waals surface area contributed by atoms with Crippen LogP contribution in [-0.2, 0) is 0 Å². The van der Waals surface area contributed by atoms with E-state index in [-0.39, 0.29) is 43.5 Å². The van der Waals surface area contributed by atoms with Gasteiger partial charge in [0.05, 0.1) is 29.9 Å². The van der Waals surface area contributed by atoms with Gasteiger partial charge in [0.2, 0.25) is 11.6 Å². The summed E-state index contributed by atoms with van der Waals surface area (Å²) in [4.78, 5) is 23.2. The Balaban J connectivity index is 2.46. The Morgan fingerprint density at radius 3 is 2.56 bits per heavy atom. The average molecular weight is 343 g/mol. The second-order valence-electron chi connectivity index (χ2n) is 5.97. The van der Waals surface area contributed by atoms with Crippen molar-refractivity contribution in [2.75, 3.05) is 29.4 Å². The number of hydrogen-bond donors (Lipinski definition) is 0. The first-order valence-corrected chi connectivity index (χ1v) is 8.35.